The number of carbonyl (C=O) groups is 1. The second kappa shape index (κ2) is 6.87. The van der Waals surface area contributed by atoms with Crippen LogP contribution < -0.4 is 0 Å². The Labute approximate surface area is 180 Å². The maximum absolute atomic E-state index is 13.1. The Morgan fingerprint density at radius 2 is 1.94 bits per heavy atom. The van der Waals surface area contributed by atoms with Gasteiger partial charge in [-0.25, -0.2) is 0 Å². The number of hydrogen-bond donors (Lipinski definition) is 0. The number of aliphatic imine (C=N–C) groups is 1. The molecule has 0 radical (unpaired) electrons. The lowest BCUT2D eigenvalue weighted by Crippen LogP contribution is -2.33. The number of rotatable bonds is 1. The molecule has 2 aliphatic heterocycles. The van der Waals surface area contributed by atoms with Gasteiger partial charge in [-0.2, -0.15) is 10.2 Å². The Bertz CT molecular complexity index is 1230. The maximum Gasteiger partial charge on any atom is 0.223 e. The van der Waals surface area contributed by atoms with Crippen LogP contribution in [0.2, 0.25) is 0 Å². The summed E-state index contributed by atoms with van der Waals surface area (Å²) in [5.41, 5.74) is 8.00. The van der Waals surface area contributed by atoms with Gasteiger partial charge in [0, 0.05) is 66.9 Å². The molecular weight excluding hydrogens is 390 g/mol. The smallest absolute Gasteiger partial charge is 0.223 e. The van der Waals surface area contributed by atoms with Crippen LogP contribution in [-0.2, 0) is 31.5 Å². The van der Waals surface area contributed by atoms with Crippen LogP contribution >= 0.6 is 0 Å². The van der Waals surface area contributed by atoms with Crippen LogP contribution in [0.5, 0.6) is 0 Å². The van der Waals surface area contributed by atoms with Crippen molar-refractivity contribution in [3.63, 3.8) is 0 Å². The largest absolute Gasteiger partial charge is 0.334 e. The molecule has 0 N–H and O–H groups in total. The second-order valence-electron chi connectivity index (χ2n) is 8.79. The van der Waals surface area contributed by atoms with Crippen LogP contribution in [0.1, 0.15) is 53.9 Å². The summed E-state index contributed by atoms with van der Waals surface area (Å²) in [6, 6.07) is 2.52. The van der Waals surface area contributed by atoms with E-state index in [1.807, 2.05) is 40.6 Å². The van der Waals surface area contributed by atoms with E-state index in [0.29, 0.717) is 25.6 Å². The summed E-state index contributed by atoms with van der Waals surface area (Å²) in [5.74, 6) is 0.204. The summed E-state index contributed by atoms with van der Waals surface area (Å²) in [5, 5.41) is 9.41. The molecule has 3 aromatic rings. The highest BCUT2D eigenvalue weighted by molar-refractivity contribution is 6.15. The molecule has 6 rings (SSSR count). The lowest BCUT2D eigenvalue weighted by molar-refractivity contribution is -0.132. The van der Waals surface area contributed by atoms with Gasteiger partial charge in [0.05, 0.1) is 35.9 Å². The number of carbonyl (C=O) groups excluding carboxylic acids is 1. The van der Waals surface area contributed by atoms with Crippen LogP contribution in [0.4, 0.5) is 0 Å². The number of aromatic nitrogens is 5. The van der Waals surface area contributed by atoms with Crippen LogP contribution in [-0.4, -0.2) is 47.1 Å². The predicted octanol–water partition coefficient (Wildman–Crippen LogP) is 2.62. The fourth-order valence-electron chi connectivity index (χ4n) is 4.70. The highest BCUT2D eigenvalue weighted by Crippen LogP contribution is 2.33. The second-order valence-corrected chi connectivity index (χ2v) is 8.79. The monoisotopic (exact) mass is 415 g/mol. The number of pyridine rings is 1. The number of nitrogens with zero attached hydrogens (tertiary/aromatic N) is 7. The first-order valence-electron chi connectivity index (χ1n) is 11.0. The van der Waals surface area contributed by atoms with Gasteiger partial charge in [0.2, 0.25) is 5.91 Å². The third-order valence-corrected chi connectivity index (χ3v) is 6.44. The van der Waals surface area contributed by atoms with Crippen molar-refractivity contribution < 1.29 is 4.79 Å². The minimum atomic E-state index is 0.204. The number of hydrogen-bond acceptors (Lipinski definition) is 5. The Hall–Kier alpha value is -3.29. The summed E-state index contributed by atoms with van der Waals surface area (Å²) in [6.45, 7) is 3.88. The van der Waals surface area contributed by atoms with E-state index in [-0.39, 0.29) is 5.91 Å². The molecule has 3 aromatic heterocycles. The van der Waals surface area contributed by atoms with E-state index in [2.05, 4.69) is 12.3 Å². The van der Waals surface area contributed by atoms with Gasteiger partial charge in [-0.1, -0.05) is 0 Å². The van der Waals surface area contributed by atoms with Gasteiger partial charge in [-0.05, 0) is 32.3 Å². The molecule has 31 heavy (non-hydrogen) atoms. The van der Waals surface area contributed by atoms with Gasteiger partial charge >= 0.3 is 0 Å². The zero-order valence-electron chi connectivity index (χ0n) is 17.9. The molecule has 8 heteroatoms. The van der Waals surface area contributed by atoms with Crippen LogP contribution in [0.3, 0.4) is 0 Å². The lowest BCUT2D eigenvalue weighted by atomic mass is 9.99. The zero-order valence-corrected chi connectivity index (χ0v) is 17.9. The van der Waals surface area contributed by atoms with Crippen molar-refractivity contribution in [2.24, 2.45) is 12.0 Å². The van der Waals surface area contributed by atoms with Crippen molar-refractivity contribution >= 4 is 11.6 Å². The minimum absolute atomic E-state index is 0.204. The predicted molar refractivity (Wildman–Crippen MR) is 116 cm³/mol. The molecule has 0 atom stereocenters. The van der Waals surface area contributed by atoms with Gasteiger partial charge in [0.15, 0.2) is 0 Å². The van der Waals surface area contributed by atoms with E-state index in [0.717, 1.165) is 70.9 Å². The molecule has 0 unspecified atom stereocenters. The van der Waals surface area contributed by atoms with Crippen molar-refractivity contribution in [1.29, 1.82) is 0 Å². The highest BCUT2D eigenvalue weighted by atomic mass is 16.2. The molecule has 4 bridgehead atoms. The Balaban J connectivity index is 1.50. The molecule has 1 fully saturated rings. The van der Waals surface area contributed by atoms with E-state index in [1.54, 1.807) is 0 Å². The molecule has 8 nitrogen and oxygen atoms in total. The molecule has 5 heterocycles. The zero-order chi connectivity index (χ0) is 21.1. The normalized spacial score (nSPS) is 18.5. The number of amides is 1. The summed E-state index contributed by atoms with van der Waals surface area (Å²) >= 11 is 0. The lowest BCUT2D eigenvalue weighted by Gasteiger charge is -2.22. The minimum Gasteiger partial charge on any atom is -0.334 e. The summed E-state index contributed by atoms with van der Waals surface area (Å²) in [7, 11) is 1.93. The number of fused-ring (bicyclic) bond motifs is 6. The first-order valence-corrected chi connectivity index (χ1v) is 11.0. The van der Waals surface area contributed by atoms with Crippen molar-refractivity contribution in [2.45, 2.75) is 58.3 Å². The first kappa shape index (κ1) is 18.5. The summed E-state index contributed by atoms with van der Waals surface area (Å²) < 4.78 is 3.78. The standard InChI is InChI=1S/C23H25N7O/c1-14-18-12-29(26-14)7-3-4-22(31)30(16-5-6-16)13-21-19(11-28(2)27-21)15-8-17-20(24-9-15)10-25-23(17)18/h8-9,11-12,16H,3-7,10,13H2,1-2H3. The summed E-state index contributed by atoms with van der Waals surface area (Å²) in [6.07, 6.45) is 9.45. The van der Waals surface area contributed by atoms with Crippen molar-refractivity contribution in [3.8, 4) is 11.1 Å². The SMILES string of the molecule is Cc1nn2cc1C1=NCc3ncc(cc31)-c1cn(C)nc1CN(C1CC1)C(=O)CCC2. The first-order chi connectivity index (χ1) is 15.1. The van der Waals surface area contributed by atoms with Gasteiger partial charge in [-0.15, -0.1) is 0 Å². The molecular formula is C23H25N7O. The highest BCUT2D eigenvalue weighted by Gasteiger charge is 2.33. The molecule has 1 saturated carbocycles. The quantitative estimate of drug-likeness (QED) is 0.612. The fourth-order valence-corrected chi connectivity index (χ4v) is 4.70. The third kappa shape index (κ3) is 3.17. The van der Waals surface area contributed by atoms with Gasteiger partial charge in [0.25, 0.3) is 0 Å². The maximum atomic E-state index is 13.1. The van der Waals surface area contributed by atoms with Crippen LogP contribution in [0, 0.1) is 6.92 Å². The Morgan fingerprint density at radius 1 is 1.06 bits per heavy atom. The Kier molecular flexibility index (Phi) is 4.09. The van der Waals surface area contributed by atoms with Gasteiger partial charge in [-0.3, -0.25) is 24.1 Å². The van der Waals surface area contributed by atoms with E-state index in [9.17, 15) is 4.79 Å². The van der Waals surface area contributed by atoms with Gasteiger partial charge in [0.1, 0.15) is 0 Å². The van der Waals surface area contributed by atoms with Crippen molar-refractivity contribution in [3.05, 3.63) is 52.9 Å². The molecule has 158 valence electrons. The molecule has 3 aliphatic rings. The van der Waals surface area contributed by atoms with Gasteiger partial charge < -0.3 is 4.90 Å². The molecule has 0 aromatic carbocycles. The van der Waals surface area contributed by atoms with Crippen molar-refractivity contribution in [1.82, 2.24) is 29.4 Å². The fraction of sp³-hybridized carbons (Fsp3) is 0.435. The van der Waals surface area contributed by atoms with E-state index in [4.69, 9.17) is 20.2 Å². The average molecular weight is 416 g/mol. The van der Waals surface area contributed by atoms with Crippen LogP contribution in [0.15, 0.2) is 29.6 Å². The molecule has 1 amide bonds. The average Bonchev–Trinajstić information content (AvgIpc) is 3.24. The Morgan fingerprint density at radius 3 is 2.77 bits per heavy atom. The summed E-state index contributed by atoms with van der Waals surface area (Å²) in [4.78, 5) is 24.6. The third-order valence-electron chi connectivity index (χ3n) is 6.44. The number of aryl methyl sites for hydroxylation is 3. The topological polar surface area (TPSA) is 81.2 Å². The van der Waals surface area contributed by atoms with E-state index < -0.39 is 0 Å². The van der Waals surface area contributed by atoms with Crippen LogP contribution in [0.25, 0.3) is 11.1 Å². The van der Waals surface area contributed by atoms with Crippen molar-refractivity contribution in [2.75, 3.05) is 0 Å². The molecule has 0 saturated heterocycles. The van der Waals surface area contributed by atoms with E-state index in [1.165, 1.54) is 0 Å². The molecule has 1 aliphatic carbocycles. The molecule has 0 spiro atoms. The van der Waals surface area contributed by atoms with E-state index >= 15 is 0 Å².